The van der Waals surface area contributed by atoms with Crippen LogP contribution in [0.2, 0.25) is 0 Å². The summed E-state index contributed by atoms with van der Waals surface area (Å²) in [6.07, 6.45) is 1.74. The maximum Gasteiger partial charge on any atom is 0.336 e. The van der Waals surface area contributed by atoms with Crippen LogP contribution in [-0.4, -0.2) is 12.5 Å². The zero-order valence-electron chi connectivity index (χ0n) is 16.7. The Labute approximate surface area is 164 Å². The summed E-state index contributed by atoms with van der Waals surface area (Å²) in [5, 5.41) is 3.80. The van der Waals surface area contributed by atoms with Crippen molar-refractivity contribution in [1.29, 1.82) is 0 Å². The second kappa shape index (κ2) is 8.30. The average molecular weight is 379 g/mol. The third-order valence-corrected chi connectivity index (χ3v) is 4.63. The van der Waals surface area contributed by atoms with E-state index in [0.29, 0.717) is 11.3 Å². The molecule has 1 aromatic heterocycles. The maximum atomic E-state index is 12.3. The number of fused-ring (bicyclic) bond motifs is 1. The molecule has 1 amide bonds. The van der Waals surface area contributed by atoms with Crippen LogP contribution in [0.5, 0.6) is 5.75 Å². The van der Waals surface area contributed by atoms with Gasteiger partial charge in [0.15, 0.2) is 6.61 Å². The Morgan fingerprint density at radius 1 is 1.07 bits per heavy atom. The topological polar surface area (TPSA) is 68.5 Å². The van der Waals surface area contributed by atoms with Crippen LogP contribution in [0.3, 0.4) is 0 Å². The Morgan fingerprint density at radius 3 is 2.46 bits per heavy atom. The lowest BCUT2D eigenvalue weighted by molar-refractivity contribution is -0.118. The number of anilines is 1. The minimum atomic E-state index is -0.379. The van der Waals surface area contributed by atoms with E-state index < -0.39 is 0 Å². The van der Waals surface area contributed by atoms with E-state index in [1.807, 2.05) is 39.0 Å². The molecule has 0 fully saturated rings. The van der Waals surface area contributed by atoms with Crippen molar-refractivity contribution >= 4 is 22.6 Å². The van der Waals surface area contributed by atoms with E-state index in [-0.39, 0.29) is 18.1 Å². The van der Waals surface area contributed by atoms with Crippen molar-refractivity contribution < 1.29 is 13.9 Å². The van der Waals surface area contributed by atoms with E-state index >= 15 is 0 Å². The Bertz CT molecular complexity index is 1060. The van der Waals surface area contributed by atoms with Gasteiger partial charge in [-0.15, -0.1) is 0 Å². The van der Waals surface area contributed by atoms with Gasteiger partial charge in [-0.05, 0) is 56.0 Å². The quantitative estimate of drug-likeness (QED) is 0.631. The first-order chi connectivity index (χ1) is 13.4. The molecular formula is C23H25NO4. The molecule has 0 aliphatic heterocycles. The molecule has 1 N–H and O–H groups in total. The number of rotatable bonds is 6. The summed E-state index contributed by atoms with van der Waals surface area (Å²) in [7, 11) is 0. The van der Waals surface area contributed by atoms with Crippen molar-refractivity contribution in [2.75, 3.05) is 11.9 Å². The summed E-state index contributed by atoms with van der Waals surface area (Å²) < 4.78 is 10.9. The van der Waals surface area contributed by atoms with Gasteiger partial charge >= 0.3 is 5.63 Å². The molecule has 0 saturated heterocycles. The Kier molecular flexibility index (Phi) is 5.83. The van der Waals surface area contributed by atoms with E-state index in [1.165, 1.54) is 6.07 Å². The Hall–Kier alpha value is -3.08. The average Bonchev–Trinajstić information content (AvgIpc) is 2.62. The van der Waals surface area contributed by atoms with Crippen LogP contribution in [-0.2, 0) is 11.2 Å². The van der Waals surface area contributed by atoms with Gasteiger partial charge in [0.05, 0.1) is 0 Å². The van der Waals surface area contributed by atoms with Crippen molar-refractivity contribution in [3.05, 3.63) is 69.1 Å². The minimum absolute atomic E-state index is 0.128. The van der Waals surface area contributed by atoms with Crippen molar-refractivity contribution in [2.45, 2.75) is 40.5 Å². The molecule has 0 radical (unpaired) electrons. The summed E-state index contributed by atoms with van der Waals surface area (Å²) in [5.41, 5.74) is 5.06. The van der Waals surface area contributed by atoms with E-state index in [2.05, 4.69) is 12.2 Å². The molecule has 28 heavy (non-hydrogen) atoms. The van der Waals surface area contributed by atoms with Crippen LogP contribution in [0.25, 0.3) is 11.0 Å². The van der Waals surface area contributed by atoms with Gasteiger partial charge < -0.3 is 14.5 Å². The smallest absolute Gasteiger partial charge is 0.336 e. The number of nitrogens with one attached hydrogen (secondary N) is 1. The number of benzene rings is 2. The molecule has 5 heteroatoms. The summed E-state index contributed by atoms with van der Waals surface area (Å²) in [6, 6.07) is 10.9. The predicted molar refractivity (Wildman–Crippen MR) is 111 cm³/mol. The SMILES string of the molecule is CCCc1cc(=O)oc2cc(OCC(=O)Nc3c(C)cc(C)cc3C)ccc12. The fourth-order valence-electron chi connectivity index (χ4n) is 3.48. The highest BCUT2D eigenvalue weighted by molar-refractivity contribution is 5.93. The summed E-state index contributed by atoms with van der Waals surface area (Å²) in [6.45, 7) is 7.90. The number of aryl methyl sites for hydroxylation is 4. The number of amides is 1. The van der Waals surface area contributed by atoms with E-state index in [0.717, 1.165) is 46.2 Å². The molecule has 1 heterocycles. The molecule has 0 saturated carbocycles. The van der Waals surface area contributed by atoms with Crippen LogP contribution >= 0.6 is 0 Å². The number of carbonyl (C=O) groups is 1. The zero-order chi connectivity index (χ0) is 20.3. The predicted octanol–water partition coefficient (Wildman–Crippen LogP) is 4.69. The second-order valence-corrected chi connectivity index (χ2v) is 7.11. The molecule has 0 aliphatic carbocycles. The van der Waals surface area contributed by atoms with Crippen LogP contribution in [0.1, 0.15) is 35.6 Å². The summed E-state index contributed by atoms with van der Waals surface area (Å²) >= 11 is 0. The molecule has 2 aromatic carbocycles. The third kappa shape index (κ3) is 4.42. The molecule has 3 rings (SSSR count). The summed E-state index contributed by atoms with van der Waals surface area (Å²) in [5.74, 6) is 0.244. The molecule has 0 spiro atoms. The van der Waals surface area contributed by atoms with Gasteiger partial charge in [0.2, 0.25) is 0 Å². The summed E-state index contributed by atoms with van der Waals surface area (Å²) in [4.78, 5) is 24.1. The zero-order valence-corrected chi connectivity index (χ0v) is 16.7. The van der Waals surface area contributed by atoms with Crippen LogP contribution in [0, 0.1) is 20.8 Å². The second-order valence-electron chi connectivity index (χ2n) is 7.11. The van der Waals surface area contributed by atoms with Crippen molar-refractivity contribution in [3.8, 4) is 5.75 Å². The molecule has 146 valence electrons. The Balaban J connectivity index is 1.73. The molecule has 0 bridgehead atoms. The molecule has 0 atom stereocenters. The molecule has 5 nitrogen and oxygen atoms in total. The van der Waals surface area contributed by atoms with Crippen LogP contribution in [0.15, 0.2) is 45.6 Å². The molecule has 3 aromatic rings. The Morgan fingerprint density at radius 2 is 1.79 bits per heavy atom. The largest absolute Gasteiger partial charge is 0.484 e. The first-order valence-corrected chi connectivity index (χ1v) is 9.44. The number of carbonyl (C=O) groups excluding carboxylic acids is 1. The first-order valence-electron chi connectivity index (χ1n) is 9.44. The van der Waals surface area contributed by atoms with E-state index in [4.69, 9.17) is 9.15 Å². The normalized spacial score (nSPS) is 10.9. The molecule has 0 unspecified atom stereocenters. The highest BCUT2D eigenvalue weighted by Crippen LogP contribution is 2.24. The van der Waals surface area contributed by atoms with Gasteiger partial charge in [-0.2, -0.15) is 0 Å². The third-order valence-electron chi connectivity index (χ3n) is 4.63. The fraction of sp³-hybridized carbons (Fsp3) is 0.304. The van der Waals surface area contributed by atoms with Gasteiger partial charge in [-0.3, -0.25) is 4.79 Å². The van der Waals surface area contributed by atoms with Crippen LogP contribution < -0.4 is 15.7 Å². The van der Waals surface area contributed by atoms with Gasteiger partial charge in [0.1, 0.15) is 11.3 Å². The van der Waals surface area contributed by atoms with Crippen molar-refractivity contribution in [1.82, 2.24) is 0 Å². The van der Waals surface area contributed by atoms with Crippen LogP contribution in [0.4, 0.5) is 5.69 Å². The molecule has 0 aliphatic rings. The number of ether oxygens (including phenoxy) is 1. The lowest BCUT2D eigenvalue weighted by atomic mass is 10.1. The standard InChI is InChI=1S/C23H25NO4/c1-5-6-17-11-22(26)28-20-12-18(7-8-19(17)20)27-13-21(25)24-23-15(3)9-14(2)10-16(23)4/h7-12H,5-6,13H2,1-4H3,(H,24,25). The van der Waals surface area contributed by atoms with Crippen molar-refractivity contribution in [3.63, 3.8) is 0 Å². The van der Waals surface area contributed by atoms with Gasteiger partial charge in [-0.1, -0.05) is 31.0 Å². The van der Waals surface area contributed by atoms with Gasteiger partial charge in [0.25, 0.3) is 5.91 Å². The number of hydrogen-bond acceptors (Lipinski definition) is 4. The van der Waals surface area contributed by atoms with Gasteiger partial charge in [0, 0.05) is 23.2 Å². The lowest BCUT2D eigenvalue weighted by Crippen LogP contribution is -2.21. The monoisotopic (exact) mass is 379 g/mol. The fourth-order valence-corrected chi connectivity index (χ4v) is 3.48. The van der Waals surface area contributed by atoms with Crippen molar-refractivity contribution in [2.24, 2.45) is 0 Å². The highest BCUT2D eigenvalue weighted by atomic mass is 16.5. The van der Waals surface area contributed by atoms with E-state index in [9.17, 15) is 9.59 Å². The highest BCUT2D eigenvalue weighted by Gasteiger charge is 2.11. The molecular weight excluding hydrogens is 354 g/mol. The maximum absolute atomic E-state index is 12.3. The first kappa shape index (κ1) is 19.7. The minimum Gasteiger partial charge on any atom is -0.484 e. The van der Waals surface area contributed by atoms with E-state index in [1.54, 1.807) is 12.1 Å². The van der Waals surface area contributed by atoms with Gasteiger partial charge in [-0.25, -0.2) is 4.79 Å². The lowest BCUT2D eigenvalue weighted by Gasteiger charge is -2.13. The number of hydrogen-bond donors (Lipinski definition) is 1.